The minimum Gasteiger partial charge on any atom is -0.453 e. The van der Waals surface area contributed by atoms with Crippen LogP contribution in [0.1, 0.15) is 36.2 Å². The van der Waals surface area contributed by atoms with Crippen LogP contribution in [0, 0.1) is 11.6 Å². The number of benzene rings is 2. The molecule has 5 heterocycles. The van der Waals surface area contributed by atoms with Gasteiger partial charge in [0.1, 0.15) is 17.0 Å². The molecule has 2 aliphatic rings. The molecule has 2 fully saturated rings. The molecule has 2 unspecified atom stereocenters. The largest absolute Gasteiger partial charge is 0.453 e. The van der Waals surface area contributed by atoms with Gasteiger partial charge < -0.3 is 20.3 Å². The Bertz CT molecular complexity index is 1910. The minimum atomic E-state index is -0.827. The molecular weight excluding hydrogens is 570 g/mol. The van der Waals surface area contributed by atoms with E-state index in [-0.39, 0.29) is 17.5 Å². The molecule has 1 amide bonds. The van der Waals surface area contributed by atoms with Crippen LogP contribution in [0.4, 0.5) is 20.3 Å². The van der Waals surface area contributed by atoms with E-state index in [1.54, 1.807) is 12.3 Å². The molecule has 13 heteroatoms. The number of fused-ring (bicyclic) bond motifs is 3. The van der Waals surface area contributed by atoms with Gasteiger partial charge in [-0.05, 0) is 69.1 Å². The zero-order valence-corrected chi connectivity index (χ0v) is 23.6. The third-order valence-corrected chi connectivity index (χ3v) is 8.43. The summed E-state index contributed by atoms with van der Waals surface area (Å²) < 4.78 is 35.7. The highest BCUT2D eigenvalue weighted by molar-refractivity contribution is 6.02. The van der Waals surface area contributed by atoms with Gasteiger partial charge in [0.15, 0.2) is 28.7 Å². The van der Waals surface area contributed by atoms with Crippen LogP contribution in [0.15, 0.2) is 71.9 Å². The molecule has 0 saturated carbocycles. The van der Waals surface area contributed by atoms with Crippen molar-refractivity contribution in [3.8, 4) is 17.2 Å². The van der Waals surface area contributed by atoms with Crippen LogP contribution in [0.25, 0.3) is 16.7 Å². The Morgan fingerprint density at radius 2 is 1.77 bits per heavy atom. The van der Waals surface area contributed by atoms with Crippen molar-refractivity contribution in [1.29, 1.82) is 0 Å². The lowest BCUT2D eigenvalue weighted by atomic mass is 9.98. The second kappa shape index (κ2) is 11.2. The number of amides is 1. The van der Waals surface area contributed by atoms with Crippen LogP contribution in [-0.2, 0) is 0 Å². The third-order valence-electron chi connectivity index (χ3n) is 8.43. The smallest absolute Gasteiger partial charge is 0.286 e. The van der Waals surface area contributed by atoms with Gasteiger partial charge in [0.25, 0.3) is 11.5 Å². The van der Waals surface area contributed by atoms with E-state index in [1.807, 2.05) is 0 Å². The number of ether oxygens (including phenoxy) is 1. The average Bonchev–Trinajstić information content (AvgIpc) is 3.50. The number of hydrogen-bond acceptors (Lipinski definition) is 8. The zero-order chi connectivity index (χ0) is 30.4. The maximum atomic E-state index is 15.3. The summed E-state index contributed by atoms with van der Waals surface area (Å²) in [6.45, 7) is 0. The first kappa shape index (κ1) is 27.7. The lowest BCUT2D eigenvalue weighted by Gasteiger charge is -2.36. The van der Waals surface area contributed by atoms with Crippen LogP contribution in [-0.4, -0.2) is 60.7 Å². The van der Waals surface area contributed by atoms with Crippen LogP contribution < -0.4 is 20.9 Å². The maximum absolute atomic E-state index is 15.3. The maximum Gasteiger partial charge on any atom is 0.286 e. The van der Waals surface area contributed by atoms with Crippen molar-refractivity contribution in [3.05, 3.63) is 94.8 Å². The quantitative estimate of drug-likeness (QED) is 0.242. The first-order valence-corrected chi connectivity index (χ1v) is 14.3. The SMILES string of the molecule is CN1C2CCC1CC(Nc1n[nH]c3nccc(Oc4ccc(NC(=O)c5nccn(-c6ccc(F)cc6)c5=O)cc4F)c13)C2. The lowest BCUT2D eigenvalue weighted by Crippen LogP contribution is -2.44. The Balaban J connectivity index is 1.08. The van der Waals surface area contributed by atoms with E-state index in [0.717, 1.165) is 18.9 Å². The number of rotatable bonds is 7. The number of carbonyl (C=O) groups is 1. The van der Waals surface area contributed by atoms with E-state index in [1.165, 1.54) is 66.2 Å². The molecule has 11 nitrogen and oxygen atoms in total. The molecule has 0 spiro atoms. The third kappa shape index (κ3) is 5.15. The van der Waals surface area contributed by atoms with Crippen molar-refractivity contribution in [2.75, 3.05) is 17.7 Å². The van der Waals surface area contributed by atoms with Gasteiger partial charge in [-0.1, -0.05) is 0 Å². The van der Waals surface area contributed by atoms with Gasteiger partial charge in [-0.15, -0.1) is 0 Å². The second-order valence-electron chi connectivity index (χ2n) is 11.1. The summed E-state index contributed by atoms with van der Waals surface area (Å²) in [5.74, 6) is -1.13. The molecule has 3 aromatic heterocycles. The molecule has 5 aromatic rings. The molecule has 2 aliphatic heterocycles. The van der Waals surface area contributed by atoms with Gasteiger partial charge in [-0.3, -0.25) is 19.3 Å². The summed E-state index contributed by atoms with van der Waals surface area (Å²) in [6, 6.07) is 12.1. The molecule has 7 rings (SSSR count). The molecule has 2 atom stereocenters. The summed E-state index contributed by atoms with van der Waals surface area (Å²) >= 11 is 0. The highest BCUT2D eigenvalue weighted by Crippen LogP contribution is 2.38. The Hall–Kier alpha value is -5.17. The summed E-state index contributed by atoms with van der Waals surface area (Å²) in [5, 5.41) is 14.0. The topological polar surface area (TPSA) is 130 Å². The number of hydrogen-bond donors (Lipinski definition) is 3. The van der Waals surface area contributed by atoms with Crippen molar-refractivity contribution < 1.29 is 18.3 Å². The number of anilines is 2. The fourth-order valence-corrected chi connectivity index (χ4v) is 6.18. The van der Waals surface area contributed by atoms with Gasteiger partial charge in [-0.2, -0.15) is 5.10 Å². The molecule has 2 saturated heterocycles. The van der Waals surface area contributed by atoms with Crippen molar-refractivity contribution in [2.24, 2.45) is 0 Å². The number of aromatic nitrogens is 5. The average molecular weight is 599 g/mol. The Labute approximate surface area is 249 Å². The molecule has 2 aromatic carbocycles. The van der Waals surface area contributed by atoms with Crippen molar-refractivity contribution >= 4 is 28.4 Å². The number of H-pyrrole nitrogens is 1. The highest BCUT2D eigenvalue weighted by atomic mass is 19.1. The van der Waals surface area contributed by atoms with Crippen LogP contribution in [0.3, 0.4) is 0 Å². The monoisotopic (exact) mass is 598 g/mol. The summed E-state index contributed by atoms with van der Waals surface area (Å²) in [7, 11) is 2.19. The molecule has 0 aliphatic carbocycles. The Kier molecular flexibility index (Phi) is 7.01. The van der Waals surface area contributed by atoms with Crippen LogP contribution in [0.5, 0.6) is 11.5 Å². The predicted octanol–water partition coefficient (Wildman–Crippen LogP) is 4.86. The summed E-state index contributed by atoms with van der Waals surface area (Å²) in [6.07, 6.45) is 8.61. The molecule has 44 heavy (non-hydrogen) atoms. The van der Waals surface area contributed by atoms with E-state index in [9.17, 15) is 14.0 Å². The van der Waals surface area contributed by atoms with Gasteiger partial charge >= 0.3 is 0 Å². The van der Waals surface area contributed by atoms with Gasteiger partial charge in [0, 0.05) is 60.2 Å². The zero-order valence-electron chi connectivity index (χ0n) is 23.6. The number of carbonyl (C=O) groups excluding carboxylic acids is 1. The molecule has 2 bridgehead atoms. The number of piperidine rings is 1. The molecular formula is C31H28F2N8O3. The van der Waals surface area contributed by atoms with E-state index in [2.05, 4.69) is 42.7 Å². The summed E-state index contributed by atoms with van der Waals surface area (Å²) in [4.78, 5) is 36.6. The standard InChI is InChI=1S/C31H28F2N8O3/c1-40-21-7-8-22(40)15-19(14-21)36-29-26-25(10-11-35-28(26)38-39-29)44-24-9-4-18(16-23(24)33)37-30(42)27-31(43)41(13-12-34-27)20-5-2-17(32)3-6-20/h2-6,9-13,16,19,21-22H,7-8,14-15H2,1H3,(H,37,42)(H2,35,36,38,39). The molecule has 224 valence electrons. The van der Waals surface area contributed by atoms with E-state index in [4.69, 9.17) is 4.74 Å². The van der Waals surface area contributed by atoms with Crippen molar-refractivity contribution in [2.45, 2.75) is 43.8 Å². The minimum absolute atomic E-state index is 0.0727. The predicted molar refractivity (Wildman–Crippen MR) is 159 cm³/mol. The van der Waals surface area contributed by atoms with E-state index in [0.29, 0.717) is 40.4 Å². The fraction of sp³-hybridized carbons (Fsp3) is 0.258. The van der Waals surface area contributed by atoms with E-state index >= 15 is 4.39 Å². The fourth-order valence-electron chi connectivity index (χ4n) is 6.18. The highest BCUT2D eigenvalue weighted by Gasteiger charge is 2.38. The lowest BCUT2D eigenvalue weighted by molar-refractivity contribution is 0.102. The van der Waals surface area contributed by atoms with Gasteiger partial charge in [0.2, 0.25) is 0 Å². The van der Waals surface area contributed by atoms with Crippen LogP contribution in [0.2, 0.25) is 0 Å². The van der Waals surface area contributed by atoms with Crippen LogP contribution >= 0.6 is 0 Å². The Morgan fingerprint density at radius 1 is 1.00 bits per heavy atom. The molecule has 0 radical (unpaired) electrons. The van der Waals surface area contributed by atoms with Gasteiger partial charge in [-0.25, -0.2) is 18.7 Å². The first-order valence-electron chi connectivity index (χ1n) is 14.3. The summed E-state index contributed by atoms with van der Waals surface area (Å²) in [5.41, 5.74) is -0.155. The molecule has 3 N–H and O–H groups in total. The number of halogens is 2. The van der Waals surface area contributed by atoms with Crippen molar-refractivity contribution in [1.82, 2.24) is 29.6 Å². The number of nitrogens with zero attached hydrogens (tertiary/aromatic N) is 5. The Morgan fingerprint density at radius 3 is 2.52 bits per heavy atom. The normalized spacial score (nSPS) is 19.7. The number of pyridine rings is 1. The first-order chi connectivity index (χ1) is 21.3. The van der Waals surface area contributed by atoms with E-state index < -0.39 is 28.8 Å². The number of aromatic amines is 1. The van der Waals surface area contributed by atoms with Crippen molar-refractivity contribution in [3.63, 3.8) is 0 Å². The van der Waals surface area contributed by atoms with Gasteiger partial charge in [0.05, 0.1) is 0 Å². The number of nitrogens with one attached hydrogen (secondary N) is 3. The second-order valence-corrected chi connectivity index (χ2v) is 11.1.